The molecule has 0 aromatic carbocycles. The van der Waals surface area contributed by atoms with Crippen LogP contribution < -0.4 is 4.90 Å². The van der Waals surface area contributed by atoms with Gasteiger partial charge in [0.05, 0.1) is 0 Å². The standard InChI is InChI=1S/C19H21N5O/c20-14-17-5-1-6-18(22-17)23-10-3-11-24(13-12-23)19(25)8-7-16-4-2-9-21-15-16/h1-2,4-6,9,15H,3,7-8,10-13H2. The minimum absolute atomic E-state index is 0.185. The van der Waals surface area contributed by atoms with E-state index in [9.17, 15) is 4.79 Å². The van der Waals surface area contributed by atoms with Crippen molar-refractivity contribution in [2.45, 2.75) is 19.3 Å². The minimum atomic E-state index is 0.185. The first-order valence-electron chi connectivity index (χ1n) is 8.55. The number of rotatable bonds is 4. The highest BCUT2D eigenvalue weighted by Crippen LogP contribution is 2.15. The van der Waals surface area contributed by atoms with Gasteiger partial charge in [0.15, 0.2) is 0 Å². The number of nitriles is 1. The zero-order valence-corrected chi connectivity index (χ0v) is 14.1. The number of nitrogens with zero attached hydrogens (tertiary/aromatic N) is 5. The van der Waals surface area contributed by atoms with Crippen LogP contribution in [0, 0.1) is 11.3 Å². The van der Waals surface area contributed by atoms with E-state index in [4.69, 9.17) is 5.26 Å². The van der Waals surface area contributed by atoms with E-state index in [1.54, 1.807) is 12.3 Å². The Kier molecular flexibility index (Phi) is 5.57. The van der Waals surface area contributed by atoms with Crippen LogP contribution in [0.1, 0.15) is 24.1 Å². The summed E-state index contributed by atoms with van der Waals surface area (Å²) in [7, 11) is 0. The number of aryl methyl sites for hydroxylation is 1. The van der Waals surface area contributed by atoms with Crippen LogP contribution in [0.25, 0.3) is 0 Å². The second-order valence-electron chi connectivity index (χ2n) is 6.08. The van der Waals surface area contributed by atoms with Crippen LogP contribution in [0.15, 0.2) is 42.7 Å². The average Bonchev–Trinajstić information content (AvgIpc) is 2.93. The minimum Gasteiger partial charge on any atom is -0.355 e. The Hall–Kier alpha value is -2.94. The predicted octanol–water partition coefficient (Wildman–Crippen LogP) is 2.02. The van der Waals surface area contributed by atoms with Gasteiger partial charge >= 0.3 is 0 Å². The van der Waals surface area contributed by atoms with E-state index in [2.05, 4.69) is 20.9 Å². The van der Waals surface area contributed by atoms with Crippen molar-refractivity contribution in [1.29, 1.82) is 5.26 Å². The molecule has 1 aliphatic rings. The van der Waals surface area contributed by atoms with Gasteiger partial charge < -0.3 is 9.80 Å². The number of anilines is 1. The highest BCUT2D eigenvalue weighted by Gasteiger charge is 2.19. The summed E-state index contributed by atoms with van der Waals surface area (Å²) in [6, 6.07) is 11.4. The topological polar surface area (TPSA) is 73.1 Å². The molecule has 2 aromatic rings. The van der Waals surface area contributed by atoms with Gasteiger partial charge in [0.1, 0.15) is 17.6 Å². The average molecular weight is 335 g/mol. The van der Waals surface area contributed by atoms with E-state index >= 15 is 0 Å². The van der Waals surface area contributed by atoms with Gasteiger partial charge in [-0.2, -0.15) is 5.26 Å². The molecule has 0 N–H and O–H groups in total. The number of amides is 1. The summed E-state index contributed by atoms with van der Waals surface area (Å²) < 4.78 is 0. The lowest BCUT2D eigenvalue weighted by molar-refractivity contribution is -0.130. The SMILES string of the molecule is N#Cc1cccc(N2CCCN(C(=O)CCc3cccnc3)CC2)n1. The van der Waals surface area contributed by atoms with E-state index in [-0.39, 0.29) is 5.91 Å². The maximum atomic E-state index is 12.5. The number of carbonyl (C=O) groups is 1. The number of pyridine rings is 2. The Balaban J connectivity index is 1.55. The molecule has 1 saturated heterocycles. The van der Waals surface area contributed by atoms with Crippen molar-refractivity contribution in [3.63, 3.8) is 0 Å². The van der Waals surface area contributed by atoms with E-state index in [1.807, 2.05) is 35.4 Å². The van der Waals surface area contributed by atoms with Crippen LogP contribution >= 0.6 is 0 Å². The second kappa shape index (κ2) is 8.25. The van der Waals surface area contributed by atoms with Gasteiger partial charge in [-0.25, -0.2) is 4.98 Å². The van der Waals surface area contributed by atoms with E-state index < -0.39 is 0 Å². The lowest BCUT2D eigenvalue weighted by Crippen LogP contribution is -2.35. The van der Waals surface area contributed by atoms with Crippen LogP contribution in [0.2, 0.25) is 0 Å². The second-order valence-corrected chi connectivity index (χ2v) is 6.08. The normalized spacial score (nSPS) is 14.7. The molecule has 128 valence electrons. The Bertz CT molecular complexity index is 756. The maximum absolute atomic E-state index is 12.5. The molecule has 0 bridgehead atoms. The molecule has 0 atom stereocenters. The summed E-state index contributed by atoms with van der Waals surface area (Å²) in [6.45, 7) is 3.03. The smallest absolute Gasteiger partial charge is 0.222 e. The van der Waals surface area contributed by atoms with Gasteiger partial charge in [0, 0.05) is 45.0 Å². The largest absolute Gasteiger partial charge is 0.355 e. The molecular weight excluding hydrogens is 314 g/mol. The Morgan fingerprint density at radius 1 is 1.16 bits per heavy atom. The van der Waals surface area contributed by atoms with E-state index in [0.717, 1.165) is 43.9 Å². The van der Waals surface area contributed by atoms with Crippen molar-refractivity contribution in [1.82, 2.24) is 14.9 Å². The first-order valence-corrected chi connectivity index (χ1v) is 8.55. The molecule has 0 saturated carbocycles. The number of aromatic nitrogens is 2. The third-order valence-electron chi connectivity index (χ3n) is 4.37. The fourth-order valence-corrected chi connectivity index (χ4v) is 3.01. The van der Waals surface area contributed by atoms with Gasteiger partial charge in [-0.05, 0) is 36.6 Å². The summed E-state index contributed by atoms with van der Waals surface area (Å²) in [4.78, 5) is 25.0. The summed E-state index contributed by atoms with van der Waals surface area (Å²) in [6.07, 6.45) is 5.68. The molecule has 25 heavy (non-hydrogen) atoms. The van der Waals surface area contributed by atoms with Crippen LogP contribution in [0.4, 0.5) is 5.82 Å². The fraction of sp³-hybridized carbons (Fsp3) is 0.368. The van der Waals surface area contributed by atoms with Crippen molar-refractivity contribution in [3.8, 4) is 6.07 Å². The lowest BCUT2D eigenvalue weighted by Gasteiger charge is -2.23. The molecule has 2 aromatic heterocycles. The highest BCUT2D eigenvalue weighted by molar-refractivity contribution is 5.76. The monoisotopic (exact) mass is 335 g/mol. The van der Waals surface area contributed by atoms with Crippen molar-refractivity contribution in [2.75, 3.05) is 31.1 Å². The molecule has 6 nitrogen and oxygen atoms in total. The number of hydrogen-bond donors (Lipinski definition) is 0. The van der Waals surface area contributed by atoms with Gasteiger partial charge in [0.2, 0.25) is 5.91 Å². The van der Waals surface area contributed by atoms with Crippen molar-refractivity contribution < 1.29 is 4.79 Å². The van der Waals surface area contributed by atoms with Crippen LogP contribution in [0.3, 0.4) is 0 Å². The van der Waals surface area contributed by atoms with Crippen LogP contribution in [-0.2, 0) is 11.2 Å². The molecule has 1 aliphatic heterocycles. The maximum Gasteiger partial charge on any atom is 0.222 e. The van der Waals surface area contributed by atoms with Crippen LogP contribution in [-0.4, -0.2) is 47.0 Å². The summed E-state index contributed by atoms with van der Waals surface area (Å²) in [5, 5.41) is 9.00. The first kappa shape index (κ1) is 16.9. The highest BCUT2D eigenvalue weighted by atomic mass is 16.2. The Labute approximate surface area is 147 Å². The van der Waals surface area contributed by atoms with Crippen molar-refractivity contribution in [3.05, 3.63) is 54.0 Å². The number of hydrogen-bond acceptors (Lipinski definition) is 5. The molecule has 0 unspecified atom stereocenters. The molecule has 0 aliphatic carbocycles. The molecular formula is C19H21N5O. The summed E-state index contributed by atoms with van der Waals surface area (Å²) in [5.41, 5.74) is 1.51. The van der Waals surface area contributed by atoms with E-state index in [0.29, 0.717) is 18.7 Å². The molecule has 0 spiro atoms. The van der Waals surface area contributed by atoms with Crippen LogP contribution in [0.5, 0.6) is 0 Å². The zero-order valence-electron chi connectivity index (χ0n) is 14.1. The third kappa shape index (κ3) is 4.54. The Morgan fingerprint density at radius 2 is 2.08 bits per heavy atom. The van der Waals surface area contributed by atoms with Gasteiger partial charge in [0.25, 0.3) is 0 Å². The van der Waals surface area contributed by atoms with Crippen molar-refractivity contribution >= 4 is 11.7 Å². The number of carbonyl (C=O) groups excluding carboxylic acids is 1. The molecule has 3 heterocycles. The molecule has 1 amide bonds. The Morgan fingerprint density at radius 3 is 2.88 bits per heavy atom. The predicted molar refractivity (Wildman–Crippen MR) is 94.9 cm³/mol. The zero-order chi connectivity index (χ0) is 17.5. The van der Waals surface area contributed by atoms with Crippen molar-refractivity contribution in [2.24, 2.45) is 0 Å². The van der Waals surface area contributed by atoms with E-state index in [1.165, 1.54) is 0 Å². The first-order chi connectivity index (χ1) is 12.3. The third-order valence-corrected chi connectivity index (χ3v) is 4.37. The summed E-state index contributed by atoms with van der Waals surface area (Å²) in [5.74, 6) is 0.994. The fourth-order valence-electron chi connectivity index (χ4n) is 3.01. The molecule has 1 fully saturated rings. The lowest BCUT2D eigenvalue weighted by atomic mass is 10.1. The quantitative estimate of drug-likeness (QED) is 0.855. The molecule has 6 heteroatoms. The van der Waals surface area contributed by atoms with Gasteiger partial charge in [-0.1, -0.05) is 12.1 Å². The van der Waals surface area contributed by atoms with Gasteiger partial charge in [-0.15, -0.1) is 0 Å². The van der Waals surface area contributed by atoms with Gasteiger partial charge in [-0.3, -0.25) is 9.78 Å². The molecule has 0 radical (unpaired) electrons. The summed E-state index contributed by atoms with van der Waals surface area (Å²) >= 11 is 0. The molecule has 3 rings (SSSR count).